The summed E-state index contributed by atoms with van der Waals surface area (Å²) in [4.78, 5) is 17.7. The van der Waals surface area contributed by atoms with Gasteiger partial charge in [0.25, 0.3) is 0 Å². The standard InChI is InChI=1S/C16H14FN3O3S2/c17-12-3-1-10(2-4-12)13-14(20-6-7-24-16(20)18-13)19-15(21)11-5-8-25(22,23)9-11/h1-4,6-7,11H,5,8-9H2,(H,19,21)/t11-/m0/s1. The molecule has 0 unspecified atom stereocenters. The molecule has 1 aliphatic heterocycles. The van der Waals surface area contributed by atoms with Gasteiger partial charge in [-0.1, -0.05) is 0 Å². The molecule has 3 aromatic rings. The first-order valence-corrected chi connectivity index (χ1v) is 10.4. The van der Waals surface area contributed by atoms with Crippen molar-refractivity contribution in [2.24, 2.45) is 5.92 Å². The summed E-state index contributed by atoms with van der Waals surface area (Å²) >= 11 is 1.41. The van der Waals surface area contributed by atoms with Crippen LogP contribution in [-0.4, -0.2) is 35.2 Å². The molecule has 1 atom stereocenters. The number of thiazole rings is 1. The third-order valence-corrected chi connectivity index (χ3v) is 6.75. The first-order chi connectivity index (χ1) is 11.9. The number of hydrogen-bond donors (Lipinski definition) is 1. The summed E-state index contributed by atoms with van der Waals surface area (Å²) in [5, 5.41) is 4.66. The van der Waals surface area contributed by atoms with Crippen LogP contribution in [0.1, 0.15) is 6.42 Å². The lowest BCUT2D eigenvalue weighted by atomic mass is 10.1. The maximum Gasteiger partial charge on any atom is 0.229 e. The molecule has 25 heavy (non-hydrogen) atoms. The number of amides is 1. The smallest absolute Gasteiger partial charge is 0.229 e. The van der Waals surface area contributed by atoms with E-state index in [-0.39, 0.29) is 23.2 Å². The molecule has 0 spiro atoms. The molecule has 1 amide bonds. The van der Waals surface area contributed by atoms with Crippen LogP contribution >= 0.6 is 11.3 Å². The van der Waals surface area contributed by atoms with Crippen LogP contribution in [0.3, 0.4) is 0 Å². The minimum Gasteiger partial charge on any atom is -0.310 e. The van der Waals surface area contributed by atoms with Gasteiger partial charge in [0.1, 0.15) is 17.3 Å². The number of halogens is 1. The Bertz CT molecular complexity index is 1050. The average molecular weight is 379 g/mol. The first-order valence-electron chi connectivity index (χ1n) is 7.66. The number of carbonyl (C=O) groups excluding carboxylic acids is 1. The van der Waals surface area contributed by atoms with Crippen molar-refractivity contribution in [3.63, 3.8) is 0 Å². The largest absolute Gasteiger partial charge is 0.310 e. The van der Waals surface area contributed by atoms with Crippen LogP contribution in [0.5, 0.6) is 0 Å². The van der Waals surface area contributed by atoms with E-state index in [1.165, 1.54) is 23.5 Å². The molecule has 1 aliphatic rings. The number of anilines is 1. The Labute approximate surface area is 147 Å². The topological polar surface area (TPSA) is 80.5 Å². The quantitative estimate of drug-likeness (QED) is 0.758. The molecule has 2 aromatic heterocycles. The molecule has 0 radical (unpaired) electrons. The molecule has 0 aliphatic carbocycles. The van der Waals surface area contributed by atoms with E-state index in [2.05, 4.69) is 10.3 Å². The van der Waals surface area contributed by atoms with Gasteiger partial charge >= 0.3 is 0 Å². The monoisotopic (exact) mass is 379 g/mol. The third kappa shape index (κ3) is 3.05. The third-order valence-electron chi connectivity index (χ3n) is 4.22. The molecular weight excluding hydrogens is 365 g/mol. The van der Waals surface area contributed by atoms with Crippen molar-refractivity contribution in [2.75, 3.05) is 16.8 Å². The highest BCUT2D eigenvalue weighted by molar-refractivity contribution is 7.91. The predicted molar refractivity (Wildman–Crippen MR) is 93.9 cm³/mol. The molecule has 1 fully saturated rings. The number of nitrogens with zero attached hydrogens (tertiary/aromatic N) is 2. The lowest BCUT2D eigenvalue weighted by Gasteiger charge is -2.10. The summed E-state index contributed by atoms with van der Waals surface area (Å²) in [7, 11) is -3.14. The van der Waals surface area contributed by atoms with Gasteiger partial charge in [0.15, 0.2) is 14.8 Å². The lowest BCUT2D eigenvalue weighted by molar-refractivity contribution is -0.119. The highest BCUT2D eigenvalue weighted by atomic mass is 32.2. The molecule has 0 bridgehead atoms. The Hall–Kier alpha value is -2.26. The van der Waals surface area contributed by atoms with Crippen molar-refractivity contribution in [3.05, 3.63) is 41.7 Å². The lowest BCUT2D eigenvalue weighted by Crippen LogP contribution is -2.24. The maximum absolute atomic E-state index is 13.2. The highest BCUT2D eigenvalue weighted by Gasteiger charge is 2.33. The van der Waals surface area contributed by atoms with E-state index in [0.717, 1.165) is 0 Å². The molecule has 1 N–H and O–H groups in total. The zero-order valence-electron chi connectivity index (χ0n) is 13.0. The fourth-order valence-electron chi connectivity index (χ4n) is 2.93. The minimum atomic E-state index is -3.14. The van der Waals surface area contributed by atoms with E-state index in [1.807, 2.05) is 5.38 Å². The second-order valence-corrected chi connectivity index (χ2v) is 9.06. The summed E-state index contributed by atoms with van der Waals surface area (Å²) in [5.41, 5.74) is 1.20. The van der Waals surface area contributed by atoms with E-state index in [0.29, 0.717) is 28.5 Å². The van der Waals surface area contributed by atoms with Gasteiger partial charge in [-0.15, -0.1) is 11.3 Å². The molecular formula is C16H14FN3O3S2. The van der Waals surface area contributed by atoms with Crippen molar-refractivity contribution in [2.45, 2.75) is 6.42 Å². The fourth-order valence-corrected chi connectivity index (χ4v) is 5.39. The van der Waals surface area contributed by atoms with E-state index in [9.17, 15) is 17.6 Å². The van der Waals surface area contributed by atoms with Gasteiger partial charge in [-0.3, -0.25) is 9.20 Å². The number of fused-ring (bicyclic) bond motifs is 1. The van der Waals surface area contributed by atoms with Crippen LogP contribution in [0.2, 0.25) is 0 Å². The van der Waals surface area contributed by atoms with Crippen LogP contribution in [-0.2, 0) is 14.6 Å². The molecule has 6 nitrogen and oxygen atoms in total. The summed E-state index contributed by atoms with van der Waals surface area (Å²) in [5.74, 6) is -0.872. The number of aromatic nitrogens is 2. The number of carbonyl (C=O) groups is 1. The SMILES string of the molecule is O=C(Nc1c(-c2ccc(F)cc2)nc2sccn12)[C@H]1CCS(=O)(=O)C1. The molecule has 4 rings (SSSR count). The molecule has 3 heterocycles. The summed E-state index contributed by atoms with van der Waals surface area (Å²) in [6.07, 6.45) is 2.10. The van der Waals surface area contributed by atoms with Crippen molar-refractivity contribution in [1.82, 2.24) is 9.38 Å². The van der Waals surface area contributed by atoms with Crippen molar-refractivity contribution < 1.29 is 17.6 Å². The molecule has 1 aromatic carbocycles. The van der Waals surface area contributed by atoms with Crippen LogP contribution < -0.4 is 5.32 Å². The Morgan fingerprint density at radius 3 is 2.76 bits per heavy atom. The first kappa shape index (κ1) is 16.2. The van der Waals surface area contributed by atoms with E-state index in [1.54, 1.807) is 22.7 Å². The number of imidazole rings is 1. The second-order valence-electron chi connectivity index (χ2n) is 5.96. The van der Waals surface area contributed by atoms with Gasteiger partial charge in [0.05, 0.1) is 17.4 Å². The van der Waals surface area contributed by atoms with Gasteiger partial charge in [-0.25, -0.2) is 17.8 Å². The summed E-state index contributed by atoms with van der Waals surface area (Å²) < 4.78 is 38.1. The highest BCUT2D eigenvalue weighted by Crippen LogP contribution is 2.32. The Kier molecular flexibility index (Phi) is 3.84. The van der Waals surface area contributed by atoms with Gasteiger partial charge in [0.2, 0.25) is 5.91 Å². The van der Waals surface area contributed by atoms with Crippen molar-refractivity contribution >= 4 is 37.9 Å². The van der Waals surface area contributed by atoms with Crippen molar-refractivity contribution in [1.29, 1.82) is 0 Å². The van der Waals surface area contributed by atoms with Crippen LogP contribution in [0.25, 0.3) is 16.2 Å². The maximum atomic E-state index is 13.2. The number of sulfone groups is 1. The molecule has 1 saturated heterocycles. The minimum absolute atomic E-state index is 0.0379. The van der Waals surface area contributed by atoms with Crippen molar-refractivity contribution in [3.8, 4) is 11.3 Å². The Balaban J connectivity index is 1.71. The number of benzene rings is 1. The van der Waals surface area contributed by atoms with Gasteiger partial charge in [0, 0.05) is 17.1 Å². The number of rotatable bonds is 3. The second kappa shape index (κ2) is 5.92. The Morgan fingerprint density at radius 2 is 2.08 bits per heavy atom. The fraction of sp³-hybridized carbons (Fsp3) is 0.250. The summed E-state index contributed by atoms with van der Waals surface area (Å²) in [6, 6.07) is 5.85. The summed E-state index contributed by atoms with van der Waals surface area (Å²) in [6.45, 7) is 0. The number of nitrogens with one attached hydrogen (secondary N) is 1. The molecule has 0 saturated carbocycles. The van der Waals surface area contributed by atoms with Gasteiger partial charge < -0.3 is 5.32 Å². The van der Waals surface area contributed by atoms with Gasteiger partial charge in [-0.2, -0.15) is 0 Å². The van der Waals surface area contributed by atoms with Crippen LogP contribution in [0.4, 0.5) is 10.2 Å². The van der Waals surface area contributed by atoms with E-state index in [4.69, 9.17) is 0 Å². The van der Waals surface area contributed by atoms with Gasteiger partial charge in [-0.05, 0) is 30.7 Å². The van der Waals surface area contributed by atoms with E-state index < -0.39 is 15.8 Å². The molecule has 9 heteroatoms. The zero-order chi connectivity index (χ0) is 17.6. The van der Waals surface area contributed by atoms with Crippen LogP contribution in [0, 0.1) is 11.7 Å². The van der Waals surface area contributed by atoms with E-state index >= 15 is 0 Å². The molecule has 130 valence electrons. The number of hydrogen-bond acceptors (Lipinski definition) is 5. The average Bonchev–Trinajstić information content (AvgIpc) is 3.24. The Morgan fingerprint density at radius 1 is 1.32 bits per heavy atom. The van der Waals surface area contributed by atoms with Crippen LogP contribution in [0.15, 0.2) is 35.8 Å². The normalized spacial score (nSPS) is 19.3. The predicted octanol–water partition coefficient (Wildman–Crippen LogP) is 2.58. The zero-order valence-corrected chi connectivity index (χ0v) is 14.6.